The predicted octanol–water partition coefficient (Wildman–Crippen LogP) is 4.22. The largest absolute Gasteiger partial charge is 0.367 e. The fourth-order valence-electron chi connectivity index (χ4n) is 3.40. The van der Waals surface area contributed by atoms with E-state index in [1.165, 1.54) is 18.2 Å². The van der Waals surface area contributed by atoms with Crippen molar-refractivity contribution in [3.8, 4) is 0 Å². The summed E-state index contributed by atoms with van der Waals surface area (Å²) in [6, 6.07) is 6.17. The summed E-state index contributed by atoms with van der Waals surface area (Å²) in [5, 5.41) is 6.68. The van der Waals surface area contributed by atoms with Gasteiger partial charge in [0.2, 0.25) is 0 Å². The molecular formula is C20H26Cl2FN5O. The minimum atomic E-state index is -0.511. The summed E-state index contributed by atoms with van der Waals surface area (Å²) >= 11 is 5.83. The van der Waals surface area contributed by atoms with Crippen molar-refractivity contribution in [2.75, 3.05) is 24.3 Å². The van der Waals surface area contributed by atoms with E-state index in [-0.39, 0.29) is 34.9 Å². The minimum Gasteiger partial charge on any atom is -0.367 e. The Labute approximate surface area is 181 Å². The van der Waals surface area contributed by atoms with Gasteiger partial charge in [0, 0.05) is 42.8 Å². The van der Waals surface area contributed by atoms with Crippen LogP contribution in [-0.2, 0) is 0 Å². The molecule has 29 heavy (non-hydrogen) atoms. The van der Waals surface area contributed by atoms with Gasteiger partial charge < -0.3 is 15.5 Å². The van der Waals surface area contributed by atoms with Gasteiger partial charge in [-0.05, 0) is 50.8 Å². The van der Waals surface area contributed by atoms with E-state index in [0.29, 0.717) is 6.04 Å². The Morgan fingerprint density at radius 2 is 1.76 bits per heavy atom. The number of carbonyl (C=O) groups excluding carboxylic acids is 1. The van der Waals surface area contributed by atoms with Gasteiger partial charge in [0.05, 0.1) is 0 Å². The number of hydrogen-bond donors (Lipinski definition) is 2. The number of carbonyl (C=O) groups is 1. The van der Waals surface area contributed by atoms with Crippen molar-refractivity contribution in [1.82, 2.24) is 15.3 Å². The van der Waals surface area contributed by atoms with Gasteiger partial charge in [-0.15, -0.1) is 12.4 Å². The van der Waals surface area contributed by atoms with Gasteiger partial charge in [-0.2, -0.15) is 0 Å². The van der Waals surface area contributed by atoms with E-state index >= 15 is 0 Å². The van der Waals surface area contributed by atoms with Gasteiger partial charge in [0.1, 0.15) is 23.3 Å². The van der Waals surface area contributed by atoms with Crippen molar-refractivity contribution in [2.45, 2.75) is 44.7 Å². The van der Waals surface area contributed by atoms with Gasteiger partial charge in [0.15, 0.2) is 0 Å². The van der Waals surface area contributed by atoms with E-state index in [1.807, 2.05) is 32.0 Å². The summed E-state index contributed by atoms with van der Waals surface area (Å²) in [5.41, 5.74) is 0.248. The number of aryl methyl sites for hydroxylation is 1. The first kappa shape index (κ1) is 23.2. The zero-order valence-corrected chi connectivity index (χ0v) is 18.3. The van der Waals surface area contributed by atoms with Crippen LogP contribution in [0.25, 0.3) is 0 Å². The number of amides is 1. The normalized spacial score (nSPS) is 18.5. The lowest BCUT2D eigenvalue weighted by Gasteiger charge is -2.30. The van der Waals surface area contributed by atoms with Crippen molar-refractivity contribution in [3.05, 3.63) is 46.5 Å². The number of aromatic nitrogens is 2. The van der Waals surface area contributed by atoms with Crippen LogP contribution in [0.4, 0.5) is 16.0 Å². The van der Waals surface area contributed by atoms with Gasteiger partial charge >= 0.3 is 0 Å². The lowest BCUT2D eigenvalue weighted by atomic mass is 9.91. The molecule has 0 spiro atoms. The summed E-state index contributed by atoms with van der Waals surface area (Å²) in [7, 11) is 3.90. The number of halogens is 3. The first-order chi connectivity index (χ1) is 13.3. The Morgan fingerprint density at radius 3 is 2.38 bits per heavy atom. The zero-order valence-electron chi connectivity index (χ0n) is 16.7. The van der Waals surface area contributed by atoms with Crippen LogP contribution >= 0.6 is 24.0 Å². The molecule has 1 aliphatic rings. The van der Waals surface area contributed by atoms with E-state index in [0.717, 1.165) is 43.1 Å². The summed E-state index contributed by atoms with van der Waals surface area (Å²) in [5.74, 6) is 1.61. The highest BCUT2D eigenvalue weighted by Gasteiger charge is 2.23. The molecule has 9 heteroatoms. The van der Waals surface area contributed by atoms with Crippen molar-refractivity contribution >= 4 is 41.6 Å². The molecule has 158 valence electrons. The molecule has 0 unspecified atom stereocenters. The van der Waals surface area contributed by atoms with Crippen molar-refractivity contribution in [1.29, 1.82) is 0 Å². The predicted molar refractivity (Wildman–Crippen MR) is 117 cm³/mol. The fourth-order valence-corrected chi connectivity index (χ4v) is 3.62. The van der Waals surface area contributed by atoms with Crippen LogP contribution in [0.5, 0.6) is 0 Å². The van der Waals surface area contributed by atoms with Gasteiger partial charge in [-0.25, -0.2) is 14.4 Å². The van der Waals surface area contributed by atoms with Crippen LogP contribution in [0.15, 0.2) is 24.3 Å². The minimum absolute atomic E-state index is 0. The SMILES string of the molecule is Cc1nc(NC2CCC(NC(=O)c3cc(F)cc(Cl)c3)CC2)cc(N(C)C)n1.Cl. The molecular weight excluding hydrogens is 416 g/mol. The summed E-state index contributed by atoms with van der Waals surface area (Å²) in [6.07, 6.45) is 3.51. The Balaban J connectivity index is 0.00000300. The van der Waals surface area contributed by atoms with Crippen LogP contribution in [-0.4, -0.2) is 42.1 Å². The second-order valence-corrected chi connectivity index (χ2v) is 7.81. The molecule has 1 heterocycles. The molecule has 1 fully saturated rings. The third kappa shape index (κ3) is 6.44. The average Bonchev–Trinajstić information content (AvgIpc) is 2.62. The molecule has 0 radical (unpaired) electrons. The number of nitrogens with zero attached hydrogens (tertiary/aromatic N) is 3. The topological polar surface area (TPSA) is 70.2 Å². The standard InChI is InChI=1S/C20H25ClFN5O.ClH/c1-12-23-18(11-19(24-12)27(2)3)25-16-4-6-17(7-5-16)26-20(28)13-8-14(21)10-15(22)9-13;/h8-11,16-17H,4-7H2,1-3H3,(H,26,28)(H,23,24,25);1H. The highest BCUT2D eigenvalue weighted by molar-refractivity contribution is 6.31. The summed E-state index contributed by atoms with van der Waals surface area (Å²) < 4.78 is 13.4. The molecule has 2 aromatic rings. The summed E-state index contributed by atoms with van der Waals surface area (Å²) in [4.78, 5) is 23.2. The Hall–Kier alpha value is -2.12. The molecule has 1 amide bonds. The average molecular weight is 442 g/mol. The van der Waals surface area contributed by atoms with Gasteiger partial charge in [-0.3, -0.25) is 4.79 Å². The van der Waals surface area contributed by atoms with E-state index in [2.05, 4.69) is 20.6 Å². The summed E-state index contributed by atoms with van der Waals surface area (Å²) in [6.45, 7) is 1.88. The van der Waals surface area contributed by atoms with Crippen molar-refractivity contribution in [2.24, 2.45) is 0 Å². The fraction of sp³-hybridized carbons (Fsp3) is 0.450. The molecule has 2 N–H and O–H groups in total. The van der Waals surface area contributed by atoms with Crippen LogP contribution in [0.3, 0.4) is 0 Å². The molecule has 3 rings (SSSR count). The monoisotopic (exact) mass is 441 g/mol. The van der Waals surface area contributed by atoms with Crippen LogP contribution in [0.2, 0.25) is 5.02 Å². The number of nitrogens with one attached hydrogen (secondary N) is 2. The van der Waals surface area contributed by atoms with Crippen LogP contribution < -0.4 is 15.5 Å². The Morgan fingerprint density at radius 1 is 1.10 bits per heavy atom. The third-order valence-corrected chi connectivity index (χ3v) is 5.04. The molecule has 1 aromatic heterocycles. The molecule has 0 atom stereocenters. The second kappa shape index (κ2) is 10.1. The number of rotatable bonds is 5. The van der Waals surface area contributed by atoms with Gasteiger partial charge in [-0.1, -0.05) is 11.6 Å². The highest BCUT2D eigenvalue weighted by atomic mass is 35.5. The van der Waals surface area contributed by atoms with E-state index < -0.39 is 5.82 Å². The molecule has 0 bridgehead atoms. The van der Waals surface area contributed by atoms with E-state index in [4.69, 9.17) is 11.6 Å². The lowest BCUT2D eigenvalue weighted by molar-refractivity contribution is 0.0926. The zero-order chi connectivity index (χ0) is 20.3. The lowest BCUT2D eigenvalue weighted by Crippen LogP contribution is -2.40. The van der Waals surface area contributed by atoms with Crippen LogP contribution in [0, 0.1) is 12.7 Å². The third-order valence-electron chi connectivity index (χ3n) is 4.82. The molecule has 1 aromatic carbocycles. The Bertz CT molecular complexity index is 837. The first-order valence-corrected chi connectivity index (χ1v) is 9.74. The second-order valence-electron chi connectivity index (χ2n) is 7.38. The van der Waals surface area contributed by atoms with Crippen molar-refractivity contribution in [3.63, 3.8) is 0 Å². The maximum atomic E-state index is 13.4. The Kier molecular flexibility index (Phi) is 8.05. The van der Waals surface area contributed by atoms with Crippen molar-refractivity contribution < 1.29 is 9.18 Å². The maximum Gasteiger partial charge on any atom is 0.251 e. The smallest absolute Gasteiger partial charge is 0.251 e. The van der Waals surface area contributed by atoms with Crippen LogP contribution in [0.1, 0.15) is 41.9 Å². The highest BCUT2D eigenvalue weighted by Crippen LogP contribution is 2.24. The number of anilines is 2. The molecule has 6 nitrogen and oxygen atoms in total. The number of benzene rings is 1. The first-order valence-electron chi connectivity index (χ1n) is 9.36. The maximum absolute atomic E-state index is 13.4. The van der Waals surface area contributed by atoms with E-state index in [9.17, 15) is 9.18 Å². The number of hydrogen-bond acceptors (Lipinski definition) is 5. The van der Waals surface area contributed by atoms with Gasteiger partial charge in [0.25, 0.3) is 5.91 Å². The molecule has 0 saturated heterocycles. The van der Waals surface area contributed by atoms with E-state index in [1.54, 1.807) is 0 Å². The molecule has 1 saturated carbocycles. The molecule has 0 aliphatic heterocycles. The molecule has 1 aliphatic carbocycles. The quantitative estimate of drug-likeness (QED) is 0.726.